The topological polar surface area (TPSA) is 15.3 Å². The minimum Gasteiger partial charge on any atom is -0.370 e. The van der Waals surface area contributed by atoms with E-state index in [-0.39, 0.29) is 0 Å². The summed E-state index contributed by atoms with van der Waals surface area (Å²) in [6.07, 6.45) is 0. The number of nitrogens with zero attached hydrogens (tertiary/aromatic N) is 1. The Bertz CT molecular complexity index is 401. The van der Waals surface area contributed by atoms with Crippen LogP contribution < -0.4 is 10.2 Å². The number of nitrogens with one attached hydrogen (secondary N) is 1. The Balaban J connectivity index is 2.93. The van der Waals surface area contributed by atoms with E-state index in [2.05, 4.69) is 64.9 Å². The van der Waals surface area contributed by atoms with Crippen LogP contribution >= 0.6 is 15.9 Å². The van der Waals surface area contributed by atoms with E-state index in [4.69, 9.17) is 0 Å². The van der Waals surface area contributed by atoms with Crippen molar-refractivity contribution in [2.45, 2.75) is 19.9 Å². The Labute approximate surface area is 113 Å². The molecule has 1 rings (SSSR count). The lowest BCUT2D eigenvalue weighted by Gasteiger charge is -2.22. The highest BCUT2D eigenvalue weighted by molar-refractivity contribution is 9.10. The van der Waals surface area contributed by atoms with E-state index >= 15 is 0 Å². The highest BCUT2D eigenvalue weighted by atomic mass is 79.9. The first-order valence-corrected chi connectivity index (χ1v) is 6.57. The van der Waals surface area contributed by atoms with E-state index in [1.807, 2.05) is 14.0 Å². The van der Waals surface area contributed by atoms with Crippen LogP contribution in [0.2, 0.25) is 0 Å². The summed E-state index contributed by atoms with van der Waals surface area (Å²) in [7, 11) is 4.05. The van der Waals surface area contributed by atoms with Crippen molar-refractivity contribution in [1.82, 2.24) is 5.32 Å². The third kappa shape index (κ3) is 3.86. The molecule has 0 saturated heterocycles. The Morgan fingerprint density at radius 2 is 2.18 bits per heavy atom. The van der Waals surface area contributed by atoms with Crippen molar-refractivity contribution >= 4 is 21.6 Å². The second-order valence-electron chi connectivity index (χ2n) is 4.53. The SMILES string of the molecule is C=C(C)CN(C)c1ccc(C(C)NC)cc1Br. The molecule has 1 N–H and O–H groups in total. The highest BCUT2D eigenvalue weighted by Crippen LogP contribution is 2.29. The number of anilines is 1. The fourth-order valence-corrected chi connectivity index (χ4v) is 2.46. The number of hydrogen-bond donors (Lipinski definition) is 1. The lowest BCUT2D eigenvalue weighted by molar-refractivity contribution is 0.652. The maximum atomic E-state index is 3.94. The van der Waals surface area contributed by atoms with E-state index < -0.39 is 0 Å². The Morgan fingerprint density at radius 3 is 2.65 bits per heavy atom. The zero-order chi connectivity index (χ0) is 13.0. The first-order valence-electron chi connectivity index (χ1n) is 5.78. The van der Waals surface area contributed by atoms with Gasteiger partial charge in [0.05, 0.1) is 5.69 Å². The molecule has 0 fully saturated rings. The van der Waals surface area contributed by atoms with Gasteiger partial charge in [-0.1, -0.05) is 18.2 Å². The molecule has 0 radical (unpaired) electrons. The van der Waals surface area contributed by atoms with E-state index in [1.54, 1.807) is 0 Å². The number of halogens is 1. The van der Waals surface area contributed by atoms with Gasteiger partial charge in [-0.3, -0.25) is 0 Å². The second-order valence-corrected chi connectivity index (χ2v) is 5.39. The van der Waals surface area contributed by atoms with Crippen molar-refractivity contribution in [3.63, 3.8) is 0 Å². The van der Waals surface area contributed by atoms with Gasteiger partial charge in [0.2, 0.25) is 0 Å². The molecule has 17 heavy (non-hydrogen) atoms. The summed E-state index contributed by atoms with van der Waals surface area (Å²) in [6.45, 7) is 9.01. The third-order valence-electron chi connectivity index (χ3n) is 2.82. The minimum atomic E-state index is 0.367. The van der Waals surface area contributed by atoms with Gasteiger partial charge in [-0.25, -0.2) is 0 Å². The number of hydrogen-bond acceptors (Lipinski definition) is 2. The molecule has 3 heteroatoms. The monoisotopic (exact) mass is 296 g/mol. The quantitative estimate of drug-likeness (QED) is 0.833. The molecular formula is C14H21BrN2. The molecule has 1 atom stereocenters. The van der Waals surface area contributed by atoms with Crippen molar-refractivity contribution in [3.05, 3.63) is 40.4 Å². The molecule has 1 aromatic carbocycles. The molecule has 0 aliphatic rings. The van der Waals surface area contributed by atoms with E-state index in [0.29, 0.717) is 6.04 Å². The van der Waals surface area contributed by atoms with Gasteiger partial charge in [-0.2, -0.15) is 0 Å². The molecule has 0 amide bonds. The first kappa shape index (κ1) is 14.3. The Morgan fingerprint density at radius 1 is 1.53 bits per heavy atom. The minimum absolute atomic E-state index is 0.367. The van der Waals surface area contributed by atoms with Crippen LogP contribution in [0, 0.1) is 0 Å². The van der Waals surface area contributed by atoms with Crippen molar-refractivity contribution in [2.24, 2.45) is 0 Å². The van der Waals surface area contributed by atoms with Crippen molar-refractivity contribution in [2.75, 3.05) is 25.5 Å². The molecule has 0 bridgehead atoms. The second kappa shape index (κ2) is 6.22. The average molecular weight is 297 g/mol. The fraction of sp³-hybridized carbons (Fsp3) is 0.429. The zero-order valence-electron chi connectivity index (χ0n) is 11.0. The summed E-state index contributed by atoms with van der Waals surface area (Å²) in [5.41, 5.74) is 3.64. The van der Waals surface area contributed by atoms with Crippen LogP contribution in [0.15, 0.2) is 34.8 Å². The van der Waals surface area contributed by atoms with E-state index in [1.165, 1.54) is 11.3 Å². The van der Waals surface area contributed by atoms with Gasteiger partial charge in [-0.15, -0.1) is 0 Å². The summed E-state index contributed by atoms with van der Waals surface area (Å²) in [6, 6.07) is 6.85. The van der Waals surface area contributed by atoms with Gasteiger partial charge in [0.25, 0.3) is 0 Å². The van der Waals surface area contributed by atoms with Crippen LogP contribution in [0.5, 0.6) is 0 Å². The lowest BCUT2D eigenvalue weighted by Crippen LogP contribution is -2.20. The number of likely N-dealkylation sites (N-methyl/N-ethyl adjacent to an activating group) is 1. The summed E-state index contributed by atoms with van der Waals surface area (Å²) in [5, 5.41) is 3.24. The highest BCUT2D eigenvalue weighted by Gasteiger charge is 2.09. The molecule has 94 valence electrons. The standard InChI is InChI=1S/C14H21BrN2/c1-10(2)9-17(5)14-7-6-12(8-13(14)15)11(3)16-4/h6-8,11,16H,1,9H2,2-5H3. The van der Waals surface area contributed by atoms with E-state index in [0.717, 1.165) is 16.6 Å². The Hall–Kier alpha value is -0.800. The molecule has 1 unspecified atom stereocenters. The van der Waals surface area contributed by atoms with Crippen LogP contribution in [0.3, 0.4) is 0 Å². The lowest BCUT2D eigenvalue weighted by atomic mass is 10.1. The smallest absolute Gasteiger partial charge is 0.0511 e. The summed E-state index contributed by atoms with van der Waals surface area (Å²) in [5.74, 6) is 0. The summed E-state index contributed by atoms with van der Waals surface area (Å²) >= 11 is 3.64. The van der Waals surface area contributed by atoms with Crippen molar-refractivity contribution in [1.29, 1.82) is 0 Å². The van der Waals surface area contributed by atoms with Gasteiger partial charge in [0.15, 0.2) is 0 Å². The molecule has 0 heterocycles. The van der Waals surface area contributed by atoms with Crippen LogP contribution in [-0.4, -0.2) is 20.6 Å². The molecule has 0 spiro atoms. The zero-order valence-corrected chi connectivity index (χ0v) is 12.6. The van der Waals surface area contributed by atoms with Gasteiger partial charge in [0, 0.05) is 24.1 Å². The van der Waals surface area contributed by atoms with Gasteiger partial charge < -0.3 is 10.2 Å². The number of rotatable bonds is 5. The van der Waals surface area contributed by atoms with Crippen LogP contribution in [-0.2, 0) is 0 Å². The number of benzene rings is 1. The van der Waals surface area contributed by atoms with Crippen molar-refractivity contribution < 1.29 is 0 Å². The summed E-state index contributed by atoms with van der Waals surface area (Å²) < 4.78 is 1.13. The molecular weight excluding hydrogens is 276 g/mol. The molecule has 0 saturated carbocycles. The molecule has 0 aliphatic carbocycles. The van der Waals surface area contributed by atoms with Crippen LogP contribution in [0.25, 0.3) is 0 Å². The third-order valence-corrected chi connectivity index (χ3v) is 3.46. The summed E-state index contributed by atoms with van der Waals surface area (Å²) in [4.78, 5) is 2.19. The van der Waals surface area contributed by atoms with Crippen LogP contribution in [0.4, 0.5) is 5.69 Å². The molecule has 2 nitrogen and oxygen atoms in total. The predicted molar refractivity (Wildman–Crippen MR) is 79.7 cm³/mol. The predicted octanol–water partition coefficient (Wildman–Crippen LogP) is 3.74. The average Bonchev–Trinajstić information content (AvgIpc) is 2.26. The maximum Gasteiger partial charge on any atom is 0.0511 e. The Kier molecular flexibility index (Phi) is 5.22. The first-order chi connectivity index (χ1) is 7.95. The van der Waals surface area contributed by atoms with Crippen molar-refractivity contribution in [3.8, 4) is 0 Å². The largest absolute Gasteiger partial charge is 0.370 e. The maximum absolute atomic E-state index is 3.94. The van der Waals surface area contributed by atoms with Gasteiger partial charge in [0.1, 0.15) is 0 Å². The van der Waals surface area contributed by atoms with Crippen LogP contribution in [0.1, 0.15) is 25.5 Å². The molecule has 1 aromatic rings. The molecule has 0 aliphatic heterocycles. The normalized spacial score (nSPS) is 12.3. The molecule has 0 aromatic heterocycles. The van der Waals surface area contributed by atoms with Gasteiger partial charge >= 0.3 is 0 Å². The fourth-order valence-electron chi connectivity index (χ4n) is 1.76. The van der Waals surface area contributed by atoms with Gasteiger partial charge in [-0.05, 0) is 54.5 Å². The van der Waals surface area contributed by atoms with E-state index in [9.17, 15) is 0 Å².